The highest BCUT2D eigenvalue weighted by Gasteiger charge is 2.15. The second-order valence-corrected chi connectivity index (χ2v) is 4.37. The Morgan fingerprint density at radius 2 is 1.84 bits per heavy atom. The molecular weight excluding hydrogens is 238 g/mol. The largest absolute Gasteiger partial charge is 0.478 e. The van der Waals surface area contributed by atoms with E-state index >= 15 is 0 Å². The molecular formula is C16H17NO2. The van der Waals surface area contributed by atoms with E-state index in [1.165, 1.54) is 0 Å². The van der Waals surface area contributed by atoms with Crippen LogP contribution in [0.15, 0.2) is 36.4 Å². The van der Waals surface area contributed by atoms with Crippen LogP contribution in [0, 0.1) is 0 Å². The Kier molecular flexibility index (Phi) is 3.95. The van der Waals surface area contributed by atoms with E-state index in [0.717, 1.165) is 23.2 Å². The third-order valence-corrected chi connectivity index (χ3v) is 3.17. The third kappa shape index (κ3) is 2.65. The Morgan fingerprint density at radius 1 is 1.16 bits per heavy atom. The summed E-state index contributed by atoms with van der Waals surface area (Å²) in [6, 6.07) is 11.7. The molecule has 1 heterocycles. The Labute approximate surface area is 112 Å². The van der Waals surface area contributed by atoms with Gasteiger partial charge < -0.3 is 5.11 Å². The quantitative estimate of drug-likeness (QED) is 0.908. The first-order valence-electron chi connectivity index (χ1n) is 6.48. The fourth-order valence-corrected chi connectivity index (χ4v) is 2.16. The van der Waals surface area contributed by atoms with Crippen LogP contribution in [0.25, 0.3) is 11.3 Å². The van der Waals surface area contributed by atoms with Crippen molar-refractivity contribution in [3.8, 4) is 11.3 Å². The Bertz CT molecular complexity index is 591. The zero-order valence-corrected chi connectivity index (χ0v) is 11.2. The van der Waals surface area contributed by atoms with Gasteiger partial charge in [0.2, 0.25) is 0 Å². The molecule has 0 atom stereocenters. The van der Waals surface area contributed by atoms with Crippen LogP contribution < -0.4 is 0 Å². The molecule has 0 amide bonds. The van der Waals surface area contributed by atoms with E-state index in [4.69, 9.17) is 0 Å². The van der Waals surface area contributed by atoms with Crippen LogP contribution in [0.2, 0.25) is 0 Å². The van der Waals surface area contributed by atoms with Crippen molar-refractivity contribution < 1.29 is 9.90 Å². The zero-order chi connectivity index (χ0) is 13.8. The highest BCUT2D eigenvalue weighted by Crippen LogP contribution is 2.25. The van der Waals surface area contributed by atoms with Crippen LogP contribution in [-0.4, -0.2) is 16.1 Å². The van der Waals surface area contributed by atoms with Gasteiger partial charge in [0.05, 0.1) is 17.0 Å². The van der Waals surface area contributed by atoms with Gasteiger partial charge in [-0.3, -0.25) is 4.98 Å². The average Bonchev–Trinajstić information content (AvgIpc) is 2.46. The summed E-state index contributed by atoms with van der Waals surface area (Å²) in [6.45, 7) is 3.94. The molecule has 98 valence electrons. The summed E-state index contributed by atoms with van der Waals surface area (Å²) in [5, 5.41) is 9.24. The van der Waals surface area contributed by atoms with E-state index in [9.17, 15) is 9.90 Å². The first-order chi connectivity index (χ1) is 9.17. The average molecular weight is 255 g/mol. The maximum Gasteiger partial charge on any atom is 0.337 e. The first-order valence-corrected chi connectivity index (χ1v) is 6.48. The van der Waals surface area contributed by atoms with Gasteiger partial charge in [0.25, 0.3) is 0 Å². The normalized spacial score (nSPS) is 10.4. The summed E-state index contributed by atoms with van der Waals surface area (Å²) in [7, 11) is 0. The van der Waals surface area contributed by atoms with Crippen LogP contribution >= 0.6 is 0 Å². The van der Waals surface area contributed by atoms with E-state index in [2.05, 4.69) is 4.98 Å². The maximum atomic E-state index is 11.3. The third-order valence-electron chi connectivity index (χ3n) is 3.17. The van der Waals surface area contributed by atoms with Crippen LogP contribution in [0.3, 0.4) is 0 Å². The number of benzene rings is 1. The summed E-state index contributed by atoms with van der Waals surface area (Å²) in [4.78, 5) is 15.8. The Balaban J connectivity index is 2.65. The number of carboxylic acids is 1. The van der Waals surface area contributed by atoms with Crippen molar-refractivity contribution in [2.24, 2.45) is 0 Å². The minimum absolute atomic E-state index is 0.319. The van der Waals surface area contributed by atoms with Crippen molar-refractivity contribution in [1.29, 1.82) is 0 Å². The lowest BCUT2D eigenvalue weighted by Gasteiger charge is -2.12. The molecule has 0 spiro atoms. The van der Waals surface area contributed by atoms with Crippen LogP contribution in [0.5, 0.6) is 0 Å². The minimum atomic E-state index is -0.904. The molecule has 0 radical (unpaired) electrons. The molecule has 2 aromatic rings. The summed E-state index contributed by atoms with van der Waals surface area (Å²) in [6.07, 6.45) is 1.38. The predicted molar refractivity (Wildman–Crippen MR) is 75.4 cm³/mol. The number of hydrogen-bond acceptors (Lipinski definition) is 2. The van der Waals surface area contributed by atoms with E-state index in [1.54, 1.807) is 6.07 Å². The fourth-order valence-electron chi connectivity index (χ4n) is 2.16. The van der Waals surface area contributed by atoms with Gasteiger partial charge in [0.1, 0.15) is 0 Å². The summed E-state index contributed by atoms with van der Waals surface area (Å²) in [5.41, 5.74) is 3.86. The molecule has 1 aromatic carbocycles. The lowest BCUT2D eigenvalue weighted by atomic mass is 9.99. The Morgan fingerprint density at radius 3 is 2.37 bits per heavy atom. The second kappa shape index (κ2) is 5.65. The number of nitrogens with zero attached hydrogens (tertiary/aromatic N) is 1. The van der Waals surface area contributed by atoms with Gasteiger partial charge in [-0.15, -0.1) is 0 Å². The van der Waals surface area contributed by atoms with Crippen molar-refractivity contribution in [1.82, 2.24) is 4.98 Å². The van der Waals surface area contributed by atoms with E-state index in [0.29, 0.717) is 17.7 Å². The zero-order valence-electron chi connectivity index (χ0n) is 11.2. The smallest absolute Gasteiger partial charge is 0.337 e. The molecule has 1 aromatic heterocycles. The van der Waals surface area contributed by atoms with E-state index < -0.39 is 5.97 Å². The predicted octanol–water partition coefficient (Wildman–Crippen LogP) is 3.57. The molecule has 0 aliphatic heterocycles. The van der Waals surface area contributed by atoms with E-state index in [1.807, 2.05) is 44.2 Å². The lowest BCUT2D eigenvalue weighted by molar-refractivity contribution is 0.0695. The molecule has 0 saturated heterocycles. The first kappa shape index (κ1) is 13.3. The van der Waals surface area contributed by atoms with E-state index in [-0.39, 0.29) is 0 Å². The molecule has 19 heavy (non-hydrogen) atoms. The molecule has 0 bridgehead atoms. The number of aryl methyl sites for hydroxylation is 2. The van der Waals surface area contributed by atoms with Crippen LogP contribution in [0.4, 0.5) is 0 Å². The summed E-state index contributed by atoms with van der Waals surface area (Å²) >= 11 is 0. The number of carboxylic acid groups (broad SMARTS) is 1. The molecule has 0 aliphatic carbocycles. The van der Waals surface area contributed by atoms with Gasteiger partial charge in [0.15, 0.2) is 0 Å². The monoisotopic (exact) mass is 255 g/mol. The lowest BCUT2D eigenvalue weighted by Crippen LogP contribution is -2.07. The number of rotatable bonds is 4. The highest BCUT2D eigenvalue weighted by atomic mass is 16.4. The fraction of sp³-hybridized carbons (Fsp3) is 0.250. The number of aromatic carboxylic acids is 1. The number of aromatic nitrogens is 1. The minimum Gasteiger partial charge on any atom is -0.478 e. The van der Waals surface area contributed by atoms with Gasteiger partial charge in [0, 0.05) is 5.56 Å². The van der Waals surface area contributed by atoms with Gasteiger partial charge in [-0.1, -0.05) is 44.2 Å². The standard InChI is InChI=1S/C16H17NO2/c1-3-11-10-13(16(18)19)14(4-2)17-15(11)12-8-6-5-7-9-12/h5-10H,3-4H2,1-2H3,(H,18,19). The molecule has 1 N–H and O–H groups in total. The molecule has 3 heteroatoms. The van der Waals surface area contributed by atoms with Crippen molar-refractivity contribution in [2.45, 2.75) is 26.7 Å². The maximum absolute atomic E-state index is 11.3. The molecule has 3 nitrogen and oxygen atoms in total. The summed E-state index contributed by atoms with van der Waals surface area (Å²) in [5.74, 6) is -0.904. The van der Waals surface area contributed by atoms with Crippen molar-refractivity contribution in [2.75, 3.05) is 0 Å². The van der Waals surface area contributed by atoms with Gasteiger partial charge in [-0.05, 0) is 24.5 Å². The Hall–Kier alpha value is -2.16. The van der Waals surface area contributed by atoms with Gasteiger partial charge in [-0.2, -0.15) is 0 Å². The van der Waals surface area contributed by atoms with Crippen LogP contribution in [0.1, 0.15) is 35.5 Å². The number of carbonyl (C=O) groups is 1. The molecule has 0 fully saturated rings. The number of hydrogen-bond donors (Lipinski definition) is 1. The number of pyridine rings is 1. The van der Waals surface area contributed by atoms with Crippen molar-refractivity contribution in [3.05, 3.63) is 53.2 Å². The molecule has 0 unspecified atom stereocenters. The second-order valence-electron chi connectivity index (χ2n) is 4.37. The SMILES string of the molecule is CCc1cc(C(=O)O)c(CC)nc1-c1ccccc1. The molecule has 0 saturated carbocycles. The van der Waals surface area contributed by atoms with Crippen LogP contribution in [-0.2, 0) is 12.8 Å². The van der Waals surface area contributed by atoms with Crippen molar-refractivity contribution in [3.63, 3.8) is 0 Å². The topological polar surface area (TPSA) is 50.2 Å². The van der Waals surface area contributed by atoms with Gasteiger partial charge >= 0.3 is 5.97 Å². The van der Waals surface area contributed by atoms with Crippen molar-refractivity contribution >= 4 is 5.97 Å². The molecule has 2 rings (SSSR count). The van der Waals surface area contributed by atoms with Gasteiger partial charge in [-0.25, -0.2) is 4.79 Å². The highest BCUT2D eigenvalue weighted by molar-refractivity contribution is 5.90. The molecule has 0 aliphatic rings. The summed E-state index contributed by atoms with van der Waals surface area (Å²) < 4.78 is 0.